The molecule has 40 heavy (non-hydrogen) atoms. The number of ether oxygens (including phenoxy) is 3. The Morgan fingerprint density at radius 2 is 1.82 bits per heavy atom. The number of rotatable bonds is 5. The number of phenolic OH excluding ortho intramolecular Hbond substituents is 2. The van der Waals surface area contributed by atoms with Gasteiger partial charge in [-0.2, -0.15) is 0 Å². The maximum absolute atomic E-state index is 13.6. The first-order chi connectivity index (χ1) is 18.4. The molecule has 0 saturated carbocycles. The zero-order valence-electron chi connectivity index (χ0n) is 21.2. The van der Waals surface area contributed by atoms with Gasteiger partial charge in [-0.15, -0.1) is 0 Å². The van der Waals surface area contributed by atoms with E-state index in [4.69, 9.17) is 19.9 Å². The fourth-order valence-corrected chi connectivity index (χ4v) is 5.75. The van der Waals surface area contributed by atoms with Crippen LogP contribution in [0.5, 0.6) is 17.2 Å². The molecule has 7 N–H and O–H groups in total. The number of aliphatic hydroxyl groups excluding tert-OH is 2. The summed E-state index contributed by atoms with van der Waals surface area (Å²) in [5.41, 5.74) is 2.37. The zero-order chi connectivity index (χ0) is 28.4. The first-order valence-corrected chi connectivity index (χ1v) is 12.4. The topological polar surface area (TPSA) is 206 Å². The second-order valence-corrected chi connectivity index (χ2v) is 10.2. The summed E-state index contributed by atoms with van der Waals surface area (Å²) in [5.74, 6) is -3.77. The minimum absolute atomic E-state index is 0. The van der Waals surface area contributed by atoms with Crippen LogP contribution in [0, 0.1) is 0 Å². The summed E-state index contributed by atoms with van der Waals surface area (Å²) in [6, 6.07) is 3.64. The van der Waals surface area contributed by atoms with E-state index in [-0.39, 0.29) is 64.0 Å². The molecular weight excluding hydrogens is 537 g/mol. The van der Waals surface area contributed by atoms with E-state index >= 15 is 0 Å². The van der Waals surface area contributed by atoms with Gasteiger partial charge in [0.1, 0.15) is 29.5 Å². The van der Waals surface area contributed by atoms with Crippen molar-refractivity contribution in [2.45, 2.75) is 62.4 Å². The van der Waals surface area contributed by atoms with E-state index in [2.05, 4.69) is 0 Å². The number of aromatic hydroxyl groups is 2. The van der Waals surface area contributed by atoms with Gasteiger partial charge in [0.15, 0.2) is 17.9 Å². The van der Waals surface area contributed by atoms with Crippen LogP contribution in [0.1, 0.15) is 68.8 Å². The summed E-state index contributed by atoms with van der Waals surface area (Å²) in [5, 5.41) is 53.7. The molecule has 2 aromatic rings. The molecule has 210 valence electrons. The van der Waals surface area contributed by atoms with E-state index in [1.807, 2.05) is 0 Å². The monoisotopic (exact) mass is 567 g/mol. The molecule has 3 aliphatic rings. The van der Waals surface area contributed by atoms with E-state index in [1.165, 1.54) is 25.3 Å². The van der Waals surface area contributed by atoms with Crippen molar-refractivity contribution in [1.29, 1.82) is 0 Å². The van der Waals surface area contributed by atoms with Gasteiger partial charge in [0, 0.05) is 42.0 Å². The van der Waals surface area contributed by atoms with Gasteiger partial charge in [0.2, 0.25) is 5.78 Å². The predicted octanol–water partition coefficient (Wildman–Crippen LogP) is -0.647. The van der Waals surface area contributed by atoms with E-state index < -0.39 is 95.7 Å². The Labute approximate surface area is 250 Å². The van der Waals surface area contributed by atoms with Crippen molar-refractivity contribution in [1.82, 2.24) is 0 Å². The van der Waals surface area contributed by atoms with Gasteiger partial charge in [0.25, 0.3) is 0 Å². The van der Waals surface area contributed by atoms with Gasteiger partial charge in [-0.25, -0.2) is 0 Å². The molecule has 0 radical (unpaired) electrons. The molecule has 0 amide bonds. The number of carbonyl (C=O) groups excluding carboxylic acids is 3. The summed E-state index contributed by atoms with van der Waals surface area (Å²) in [7, 11) is 1.32. The number of hydrogen-bond donors (Lipinski definition) is 6. The molecule has 1 fully saturated rings. The molecule has 1 aliphatic heterocycles. The standard InChI is InChI=1S/C27H29NO11.Na.H/c1-10-22(31)13(28)6-17(38-10)39-15-8-27(36,16(30)9-29)7-12-19(15)26(35)21-20(24(12)33)23(32)11-4-3-5-14(37-2)18(11)25(21)34;;/h3-5,10,13,15,17,22,29,31,33,35-36H,6-9,28H2,1-2H3;;/t10-,13-,15-,17-,22+,27-;;/m0../s1. The average molecular weight is 568 g/mol. The molecule has 0 aromatic heterocycles. The Kier molecular flexibility index (Phi) is 8.50. The van der Waals surface area contributed by atoms with Crippen molar-refractivity contribution in [3.05, 3.63) is 51.6 Å². The predicted molar refractivity (Wildman–Crippen MR) is 139 cm³/mol. The summed E-state index contributed by atoms with van der Waals surface area (Å²) in [6.07, 6.45) is -5.12. The maximum atomic E-state index is 13.6. The molecular formula is C27H30NNaO11. The Balaban J connectivity index is 0.00000370. The van der Waals surface area contributed by atoms with Crippen LogP contribution < -0.4 is 10.5 Å². The number of hydrogen-bond acceptors (Lipinski definition) is 12. The van der Waals surface area contributed by atoms with Crippen molar-refractivity contribution in [3.8, 4) is 17.2 Å². The summed E-state index contributed by atoms with van der Waals surface area (Å²) in [6.45, 7) is 0.560. The first-order valence-electron chi connectivity index (χ1n) is 12.4. The normalized spacial score (nSPS) is 29.1. The minimum atomic E-state index is -2.24. The third-order valence-corrected chi connectivity index (χ3v) is 7.81. The number of nitrogens with two attached hydrogens (primary N) is 1. The van der Waals surface area contributed by atoms with Gasteiger partial charge < -0.3 is 45.5 Å². The molecule has 2 aromatic carbocycles. The van der Waals surface area contributed by atoms with Crippen molar-refractivity contribution in [3.63, 3.8) is 0 Å². The van der Waals surface area contributed by atoms with Crippen molar-refractivity contribution in [2.75, 3.05) is 13.7 Å². The van der Waals surface area contributed by atoms with Gasteiger partial charge in [-0.05, 0) is 13.0 Å². The van der Waals surface area contributed by atoms with Crippen LogP contribution in [0.4, 0.5) is 0 Å². The summed E-state index contributed by atoms with van der Waals surface area (Å²) < 4.78 is 17.0. The third kappa shape index (κ3) is 4.67. The molecule has 5 rings (SSSR count). The second-order valence-electron chi connectivity index (χ2n) is 10.2. The van der Waals surface area contributed by atoms with Gasteiger partial charge in [0.05, 0.1) is 42.1 Å². The SMILES string of the molecule is COc1cccc2c1C(=O)c1c(O)c3c(c(O)c1C2=O)C[C@@](O)(C(=O)CO)C[C@@H]3O[C@H]1C[C@H](N)[C@H](O)[C@H](C)O1.[NaH]. The molecule has 12 nitrogen and oxygen atoms in total. The van der Waals surface area contributed by atoms with Crippen LogP contribution in [0.3, 0.4) is 0 Å². The van der Waals surface area contributed by atoms with E-state index in [0.717, 1.165) is 0 Å². The number of benzene rings is 2. The zero-order valence-corrected chi connectivity index (χ0v) is 21.2. The van der Waals surface area contributed by atoms with E-state index in [1.54, 1.807) is 6.92 Å². The molecule has 2 aliphatic carbocycles. The Morgan fingerprint density at radius 3 is 2.45 bits per heavy atom. The molecule has 1 saturated heterocycles. The molecule has 0 unspecified atom stereocenters. The molecule has 6 atom stereocenters. The fraction of sp³-hybridized carbons (Fsp3) is 0.444. The molecule has 0 spiro atoms. The van der Waals surface area contributed by atoms with Crippen LogP contribution in [-0.2, 0) is 20.7 Å². The van der Waals surface area contributed by atoms with E-state index in [0.29, 0.717) is 0 Å². The number of methoxy groups -OCH3 is 1. The van der Waals surface area contributed by atoms with E-state index in [9.17, 15) is 39.9 Å². The average Bonchev–Trinajstić information content (AvgIpc) is 2.90. The molecule has 0 bridgehead atoms. The van der Waals surface area contributed by atoms with Gasteiger partial charge in [-0.3, -0.25) is 14.4 Å². The Morgan fingerprint density at radius 1 is 1.15 bits per heavy atom. The number of fused-ring (bicyclic) bond motifs is 3. The summed E-state index contributed by atoms with van der Waals surface area (Å²) in [4.78, 5) is 39.7. The van der Waals surface area contributed by atoms with Crippen molar-refractivity contribution in [2.24, 2.45) is 5.73 Å². The van der Waals surface area contributed by atoms with Crippen LogP contribution in [0.2, 0.25) is 0 Å². The Bertz CT molecular complexity index is 1380. The number of carbonyl (C=O) groups is 3. The number of ketones is 3. The van der Waals surface area contributed by atoms with Crippen LogP contribution >= 0.6 is 0 Å². The molecule has 1 heterocycles. The van der Waals surface area contributed by atoms with Crippen molar-refractivity contribution >= 4 is 46.9 Å². The van der Waals surface area contributed by atoms with Crippen molar-refractivity contribution < 1.29 is 54.1 Å². The quantitative estimate of drug-likeness (QED) is 0.168. The van der Waals surface area contributed by atoms with Crippen LogP contribution in [0.25, 0.3) is 0 Å². The Hall–Kier alpha value is -2.39. The summed E-state index contributed by atoms with van der Waals surface area (Å²) >= 11 is 0. The number of Topliss-reactive ketones (excluding diaryl/α,β-unsaturated/α-hetero) is 1. The third-order valence-electron chi connectivity index (χ3n) is 7.81. The van der Waals surface area contributed by atoms with Gasteiger partial charge >= 0.3 is 29.6 Å². The fourth-order valence-electron chi connectivity index (χ4n) is 5.75. The molecule has 13 heteroatoms. The second kappa shape index (κ2) is 11.1. The number of aliphatic hydroxyl groups is 3. The van der Waals surface area contributed by atoms with Crippen LogP contribution in [0.15, 0.2) is 18.2 Å². The first kappa shape index (κ1) is 30.6. The van der Waals surface area contributed by atoms with Crippen LogP contribution in [-0.4, -0.2) is 116 Å². The van der Waals surface area contributed by atoms with Gasteiger partial charge in [-0.1, -0.05) is 12.1 Å². The number of phenols is 2.